The molecule has 0 fully saturated rings. The molecule has 0 heterocycles. The second-order valence-corrected chi connectivity index (χ2v) is 6.14. The van der Waals surface area contributed by atoms with Crippen LogP contribution >= 0.6 is 11.6 Å². The predicted molar refractivity (Wildman–Crippen MR) is 100 cm³/mol. The number of nitrogens with one attached hydrogen (secondary N) is 1. The molecule has 0 saturated heterocycles. The van der Waals surface area contributed by atoms with Crippen LogP contribution in [0.3, 0.4) is 0 Å². The third-order valence-electron chi connectivity index (χ3n) is 3.82. The number of aryl methyl sites for hydroxylation is 1. The molecule has 0 aliphatic heterocycles. The van der Waals surface area contributed by atoms with Gasteiger partial charge < -0.3 is 5.32 Å². The number of anilines is 1. The molecule has 0 spiro atoms. The highest BCUT2D eigenvalue weighted by molar-refractivity contribution is 6.31. The van der Waals surface area contributed by atoms with E-state index in [4.69, 9.17) is 11.6 Å². The Bertz CT molecular complexity index is 918. The number of benzene rings is 3. The molecule has 0 aliphatic carbocycles. The molecule has 0 saturated carbocycles. The summed E-state index contributed by atoms with van der Waals surface area (Å²) >= 11 is 6.06. The van der Waals surface area contributed by atoms with Gasteiger partial charge in [0, 0.05) is 21.7 Å². The van der Waals surface area contributed by atoms with E-state index >= 15 is 0 Å². The van der Waals surface area contributed by atoms with E-state index in [0.717, 1.165) is 5.56 Å². The summed E-state index contributed by atoms with van der Waals surface area (Å²) in [5.74, 6) is -0.466. The van der Waals surface area contributed by atoms with Crippen molar-refractivity contribution in [3.8, 4) is 0 Å². The molecule has 124 valence electrons. The van der Waals surface area contributed by atoms with Crippen LogP contribution in [0.4, 0.5) is 5.69 Å². The zero-order chi connectivity index (χ0) is 17.8. The van der Waals surface area contributed by atoms with Crippen molar-refractivity contribution >= 4 is 29.0 Å². The number of hydrogen-bond acceptors (Lipinski definition) is 2. The molecule has 0 aliphatic rings. The Labute approximate surface area is 151 Å². The molecule has 0 bridgehead atoms. The number of hydrogen-bond donors (Lipinski definition) is 1. The van der Waals surface area contributed by atoms with Crippen molar-refractivity contribution in [3.05, 3.63) is 100 Å². The lowest BCUT2D eigenvalue weighted by Gasteiger charge is -2.11. The van der Waals surface area contributed by atoms with Crippen molar-refractivity contribution in [2.24, 2.45) is 0 Å². The van der Waals surface area contributed by atoms with Crippen molar-refractivity contribution in [3.63, 3.8) is 0 Å². The fourth-order valence-electron chi connectivity index (χ4n) is 2.46. The van der Waals surface area contributed by atoms with Crippen molar-refractivity contribution in [2.75, 3.05) is 5.32 Å². The minimum atomic E-state index is -0.277. The molecule has 1 amide bonds. The molecule has 0 unspecified atom stereocenters. The summed E-state index contributed by atoms with van der Waals surface area (Å²) in [5.41, 5.74) is 2.93. The molecule has 0 atom stereocenters. The van der Waals surface area contributed by atoms with Gasteiger partial charge in [-0.25, -0.2) is 0 Å². The summed E-state index contributed by atoms with van der Waals surface area (Å²) in [7, 11) is 0. The standard InChI is InChI=1S/C21H16ClNO2/c1-14-7-9-15(10-8-14)20(24)18-13-17(22)11-12-19(18)23-21(25)16-5-3-2-4-6-16/h2-13H,1H3,(H,23,25). The third kappa shape index (κ3) is 3.95. The average Bonchev–Trinajstić information content (AvgIpc) is 2.64. The minimum Gasteiger partial charge on any atom is -0.321 e. The predicted octanol–water partition coefficient (Wildman–Crippen LogP) is 5.13. The normalized spacial score (nSPS) is 10.3. The highest BCUT2D eigenvalue weighted by Crippen LogP contribution is 2.24. The van der Waals surface area contributed by atoms with E-state index < -0.39 is 0 Å². The van der Waals surface area contributed by atoms with Gasteiger partial charge in [-0.15, -0.1) is 0 Å². The van der Waals surface area contributed by atoms with Crippen LogP contribution in [0.25, 0.3) is 0 Å². The number of halogens is 1. The van der Waals surface area contributed by atoms with Gasteiger partial charge in [-0.05, 0) is 37.3 Å². The quantitative estimate of drug-likeness (QED) is 0.663. The van der Waals surface area contributed by atoms with E-state index in [9.17, 15) is 9.59 Å². The van der Waals surface area contributed by atoms with Crippen molar-refractivity contribution in [2.45, 2.75) is 6.92 Å². The maximum absolute atomic E-state index is 12.8. The van der Waals surface area contributed by atoms with Crippen LogP contribution in [-0.4, -0.2) is 11.7 Å². The zero-order valence-corrected chi connectivity index (χ0v) is 14.4. The lowest BCUT2D eigenvalue weighted by atomic mass is 10.0. The number of carbonyl (C=O) groups is 2. The zero-order valence-electron chi connectivity index (χ0n) is 13.6. The summed E-state index contributed by atoms with van der Waals surface area (Å²) in [4.78, 5) is 25.2. The Morgan fingerprint density at radius 3 is 2.20 bits per heavy atom. The van der Waals surface area contributed by atoms with Gasteiger partial charge in [-0.3, -0.25) is 9.59 Å². The summed E-state index contributed by atoms with van der Waals surface area (Å²) in [5, 5.41) is 3.24. The fraction of sp³-hybridized carbons (Fsp3) is 0.0476. The largest absolute Gasteiger partial charge is 0.321 e. The number of rotatable bonds is 4. The summed E-state index contributed by atoms with van der Waals surface area (Å²) in [6.07, 6.45) is 0. The molecule has 0 radical (unpaired) electrons. The van der Waals surface area contributed by atoms with E-state index in [-0.39, 0.29) is 11.7 Å². The van der Waals surface area contributed by atoms with E-state index in [1.54, 1.807) is 54.6 Å². The van der Waals surface area contributed by atoms with Crippen molar-refractivity contribution in [1.82, 2.24) is 0 Å². The van der Waals surface area contributed by atoms with Crippen LogP contribution in [0, 0.1) is 6.92 Å². The first-order valence-corrected chi connectivity index (χ1v) is 8.20. The molecule has 3 nitrogen and oxygen atoms in total. The molecule has 0 aromatic heterocycles. The van der Waals surface area contributed by atoms with Crippen LogP contribution in [0.15, 0.2) is 72.8 Å². The van der Waals surface area contributed by atoms with Gasteiger partial charge in [-0.1, -0.05) is 59.6 Å². The molecule has 4 heteroatoms. The molecule has 3 aromatic rings. The third-order valence-corrected chi connectivity index (χ3v) is 4.06. The Morgan fingerprint density at radius 1 is 0.840 bits per heavy atom. The Kier molecular flexibility index (Phi) is 4.96. The average molecular weight is 350 g/mol. The van der Waals surface area contributed by atoms with Crippen LogP contribution < -0.4 is 5.32 Å². The maximum atomic E-state index is 12.8. The summed E-state index contributed by atoms with van der Waals surface area (Å²) in [6.45, 7) is 1.96. The Morgan fingerprint density at radius 2 is 1.52 bits per heavy atom. The minimum absolute atomic E-state index is 0.189. The van der Waals surface area contributed by atoms with Crippen LogP contribution in [0.5, 0.6) is 0 Å². The SMILES string of the molecule is Cc1ccc(C(=O)c2cc(Cl)ccc2NC(=O)c2ccccc2)cc1. The van der Waals surface area contributed by atoms with E-state index in [1.807, 2.05) is 25.1 Å². The van der Waals surface area contributed by atoms with Gasteiger partial charge in [0.05, 0.1) is 5.69 Å². The molecular formula is C21H16ClNO2. The molecule has 3 rings (SSSR count). The monoisotopic (exact) mass is 349 g/mol. The van der Waals surface area contributed by atoms with E-state index in [2.05, 4.69) is 5.32 Å². The van der Waals surface area contributed by atoms with Crippen LogP contribution in [0.2, 0.25) is 5.02 Å². The molecule has 1 N–H and O–H groups in total. The highest BCUT2D eigenvalue weighted by atomic mass is 35.5. The Hall–Kier alpha value is -2.91. The van der Waals surface area contributed by atoms with Crippen LogP contribution in [0.1, 0.15) is 31.8 Å². The summed E-state index contributed by atoms with van der Waals surface area (Å²) in [6, 6.07) is 21.0. The van der Waals surface area contributed by atoms with Gasteiger partial charge >= 0.3 is 0 Å². The van der Waals surface area contributed by atoms with E-state index in [1.165, 1.54) is 0 Å². The first kappa shape index (κ1) is 16.9. The summed E-state index contributed by atoms with van der Waals surface area (Å²) < 4.78 is 0. The van der Waals surface area contributed by atoms with Gasteiger partial charge in [0.1, 0.15) is 0 Å². The fourth-order valence-corrected chi connectivity index (χ4v) is 2.63. The highest BCUT2D eigenvalue weighted by Gasteiger charge is 2.16. The number of amides is 1. The van der Waals surface area contributed by atoms with Crippen molar-refractivity contribution < 1.29 is 9.59 Å². The van der Waals surface area contributed by atoms with Gasteiger partial charge in [0.15, 0.2) is 5.78 Å². The number of ketones is 1. The first-order chi connectivity index (χ1) is 12.0. The molecule has 3 aromatic carbocycles. The maximum Gasteiger partial charge on any atom is 0.255 e. The lowest BCUT2D eigenvalue weighted by Crippen LogP contribution is -2.15. The first-order valence-electron chi connectivity index (χ1n) is 7.82. The molecular weight excluding hydrogens is 334 g/mol. The lowest BCUT2D eigenvalue weighted by molar-refractivity contribution is 0.102. The van der Waals surface area contributed by atoms with Crippen molar-refractivity contribution in [1.29, 1.82) is 0 Å². The van der Waals surface area contributed by atoms with E-state index in [0.29, 0.717) is 27.4 Å². The molecule has 25 heavy (non-hydrogen) atoms. The second kappa shape index (κ2) is 7.32. The Balaban J connectivity index is 1.94. The number of carbonyl (C=O) groups excluding carboxylic acids is 2. The van der Waals surface area contributed by atoms with Crippen LogP contribution in [-0.2, 0) is 0 Å². The second-order valence-electron chi connectivity index (χ2n) is 5.71. The topological polar surface area (TPSA) is 46.2 Å². The van der Waals surface area contributed by atoms with Gasteiger partial charge in [0.2, 0.25) is 0 Å². The van der Waals surface area contributed by atoms with Gasteiger partial charge in [0.25, 0.3) is 5.91 Å². The van der Waals surface area contributed by atoms with Gasteiger partial charge in [-0.2, -0.15) is 0 Å². The smallest absolute Gasteiger partial charge is 0.255 e.